The van der Waals surface area contributed by atoms with Gasteiger partial charge < -0.3 is 10.2 Å². The lowest BCUT2D eigenvalue weighted by atomic mass is 9.93. The van der Waals surface area contributed by atoms with Crippen LogP contribution in [0.4, 0.5) is 0 Å². The van der Waals surface area contributed by atoms with Crippen LogP contribution in [0.2, 0.25) is 0 Å². The van der Waals surface area contributed by atoms with Gasteiger partial charge in [0.2, 0.25) is 0 Å². The molecule has 0 fully saturated rings. The summed E-state index contributed by atoms with van der Waals surface area (Å²) < 4.78 is 0. The Bertz CT molecular complexity index is 616. The van der Waals surface area contributed by atoms with Crippen LogP contribution in [0.1, 0.15) is 212 Å². The first-order chi connectivity index (χ1) is 21.0. The number of ketones is 1. The molecule has 0 aromatic carbocycles. The second-order valence-corrected chi connectivity index (χ2v) is 13.4. The van der Waals surface area contributed by atoms with E-state index in [1.165, 1.54) is 141 Å². The zero-order chi connectivity index (χ0) is 31.6. The summed E-state index contributed by atoms with van der Waals surface area (Å²) in [6.45, 7) is 5.94. The number of carbonyl (C=O) groups is 2. The number of rotatable bonds is 36. The van der Waals surface area contributed by atoms with Crippen LogP contribution >= 0.6 is 0 Å². The van der Waals surface area contributed by atoms with Crippen molar-refractivity contribution in [2.45, 2.75) is 218 Å². The molecule has 43 heavy (non-hydrogen) atoms. The van der Waals surface area contributed by atoms with Crippen molar-refractivity contribution >= 4 is 11.8 Å². The number of hydrogen-bond acceptors (Lipinski definition) is 3. The molecule has 0 aliphatic rings. The number of carboxylic acid groups (broad SMARTS) is 1. The highest BCUT2D eigenvalue weighted by Gasteiger charge is 2.24. The fraction of sp³-hybridized carbons (Fsp3) is 0.897. The summed E-state index contributed by atoms with van der Waals surface area (Å²) in [4.78, 5) is 24.2. The molecule has 2 atom stereocenters. The van der Waals surface area contributed by atoms with E-state index >= 15 is 0 Å². The Balaban J connectivity index is 3.52. The number of Topliss-reactive ketones (excluding diaryl/α,β-unsaturated/α-hetero) is 1. The van der Waals surface area contributed by atoms with Crippen molar-refractivity contribution in [1.29, 1.82) is 0 Å². The Morgan fingerprint density at radius 1 is 0.535 bits per heavy atom. The van der Waals surface area contributed by atoms with E-state index in [1.54, 1.807) is 6.08 Å². The quantitative estimate of drug-likeness (QED) is 0.0422. The smallest absolute Gasteiger partial charge is 0.314 e. The van der Waals surface area contributed by atoms with E-state index in [2.05, 4.69) is 13.5 Å². The average molecular weight is 607 g/mol. The molecular weight excluding hydrogens is 532 g/mol. The second-order valence-electron chi connectivity index (χ2n) is 13.4. The highest BCUT2D eigenvalue weighted by molar-refractivity contribution is 5.98. The lowest BCUT2D eigenvalue weighted by molar-refractivity contribution is -0.146. The van der Waals surface area contributed by atoms with Gasteiger partial charge >= 0.3 is 5.97 Å². The van der Waals surface area contributed by atoms with Gasteiger partial charge in [-0.05, 0) is 25.7 Å². The van der Waals surface area contributed by atoms with Crippen LogP contribution in [0.5, 0.6) is 0 Å². The molecule has 0 saturated carbocycles. The van der Waals surface area contributed by atoms with E-state index in [4.69, 9.17) is 0 Å². The van der Waals surface area contributed by atoms with Gasteiger partial charge in [-0.3, -0.25) is 9.59 Å². The van der Waals surface area contributed by atoms with Crippen LogP contribution < -0.4 is 0 Å². The summed E-state index contributed by atoms with van der Waals surface area (Å²) in [5.41, 5.74) is 0. The van der Waals surface area contributed by atoms with Gasteiger partial charge in [0.15, 0.2) is 0 Å². The molecule has 4 heteroatoms. The number of aliphatic hydroxyl groups is 1. The molecule has 254 valence electrons. The van der Waals surface area contributed by atoms with Crippen LogP contribution in [-0.4, -0.2) is 28.1 Å². The SMILES string of the molecule is C=CCC(O)CCCCCCCCCCCCCCCCC(=O)C(CCCCCCCCCCCCCCCC)C(=O)O. The number of carboxylic acids is 1. The first-order valence-electron chi connectivity index (χ1n) is 19.1. The van der Waals surface area contributed by atoms with Crippen molar-refractivity contribution in [3.63, 3.8) is 0 Å². The normalized spacial score (nSPS) is 12.8. The molecule has 0 aromatic rings. The van der Waals surface area contributed by atoms with E-state index < -0.39 is 11.9 Å². The van der Waals surface area contributed by atoms with Gasteiger partial charge in [0.05, 0.1) is 6.10 Å². The third kappa shape index (κ3) is 30.6. The highest BCUT2D eigenvalue weighted by atomic mass is 16.4. The monoisotopic (exact) mass is 607 g/mol. The summed E-state index contributed by atoms with van der Waals surface area (Å²) in [7, 11) is 0. The predicted octanol–water partition coefficient (Wildman–Crippen LogP) is 12.3. The highest BCUT2D eigenvalue weighted by Crippen LogP contribution is 2.19. The molecule has 2 unspecified atom stereocenters. The molecule has 0 saturated heterocycles. The maximum atomic E-state index is 12.5. The van der Waals surface area contributed by atoms with Crippen LogP contribution in [0.25, 0.3) is 0 Å². The van der Waals surface area contributed by atoms with Gasteiger partial charge in [0.1, 0.15) is 11.7 Å². The molecule has 0 aliphatic carbocycles. The second kappa shape index (κ2) is 33.7. The molecular formula is C39H74O4. The molecule has 4 nitrogen and oxygen atoms in total. The average Bonchev–Trinajstić information content (AvgIpc) is 2.98. The minimum absolute atomic E-state index is 0.0486. The van der Waals surface area contributed by atoms with Crippen LogP contribution in [0, 0.1) is 5.92 Å². The van der Waals surface area contributed by atoms with E-state index in [-0.39, 0.29) is 11.9 Å². The maximum absolute atomic E-state index is 12.5. The van der Waals surface area contributed by atoms with Gasteiger partial charge in [-0.25, -0.2) is 0 Å². The molecule has 0 spiro atoms. The standard InChI is InChI=1S/C39H74O4/c1-3-5-6-7-8-9-10-11-15-18-21-24-27-30-34-37(39(42)43)38(41)35-31-28-25-22-19-16-13-12-14-17-20-23-26-29-33-36(40)32-4-2/h4,36-37,40H,2-3,5-35H2,1H3,(H,42,43). The molecule has 2 N–H and O–H groups in total. The fourth-order valence-corrected chi connectivity index (χ4v) is 6.25. The Labute approximate surface area is 268 Å². The van der Waals surface area contributed by atoms with Crippen molar-refractivity contribution in [2.75, 3.05) is 0 Å². The number of hydrogen-bond donors (Lipinski definition) is 2. The van der Waals surface area contributed by atoms with Gasteiger partial charge in [0, 0.05) is 6.42 Å². The third-order valence-electron chi connectivity index (χ3n) is 9.18. The van der Waals surface area contributed by atoms with Crippen molar-refractivity contribution < 1.29 is 19.8 Å². The molecule has 0 radical (unpaired) electrons. The Hall–Kier alpha value is -1.16. The Morgan fingerprint density at radius 3 is 1.21 bits per heavy atom. The lowest BCUT2D eigenvalue weighted by Crippen LogP contribution is -2.23. The van der Waals surface area contributed by atoms with Crippen molar-refractivity contribution in [3.8, 4) is 0 Å². The van der Waals surface area contributed by atoms with Crippen LogP contribution in [0.15, 0.2) is 12.7 Å². The largest absolute Gasteiger partial charge is 0.481 e. The van der Waals surface area contributed by atoms with Crippen LogP contribution in [0.3, 0.4) is 0 Å². The van der Waals surface area contributed by atoms with Crippen molar-refractivity contribution in [3.05, 3.63) is 12.7 Å². The summed E-state index contributed by atoms with van der Waals surface area (Å²) in [5, 5.41) is 19.3. The predicted molar refractivity (Wildman–Crippen MR) is 186 cm³/mol. The van der Waals surface area contributed by atoms with Gasteiger partial charge in [-0.2, -0.15) is 0 Å². The lowest BCUT2D eigenvalue weighted by Gasteiger charge is -2.11. The molecule has 0 heterocycles. The molecule has 0 aromatic heterocycles. The van der Waals surface area contributed by atoms with E-state index in [0.717, 1.165) is 44.9 Å². The van der Waals surface area contributed by atoms with Crippen LogP contribution in [-0.2, 0) is 9.59 Å². The minimum atomic E-state index is -0.918. The van der Waals surface area contributed by atoms with E-state index in [1.807, 2.05) is 0 Å². The zero-order valence-electron chi connectivity index (χ0n) is 28.8. The Morgan fingerprint density at radius 2 is 0.860 bits per heavy atom. The first-order valence-corrected chi connectivity index (χ1v) is 19.1. The maximum Gasteiger partial charge on any atom is 0.314 e. The summed E-state index contributed by atoms with van der Waals surface area (Å²) in [6, 6.07) is 0. The third-order valence-corrected chi connectivity index (χ3v) is 9.18. The molecule has 0 bridgehead atoms. The summed E-state index contributed by atoms with van der Waals surface area (Å²) >= 11 is 0. The fourth-order valence-electron chi connectivity index (χ4n) is 6.25. The number of aliphatic carboxylic acids is 1. The summed E-state index contributed by atoms with van der Waals surface area (Å²) in [5.74, 6) is -1.75. The zero-order valence-corrected chi connectivity index (χ0v) is 28.8. The Kier molecular flexibility index (Phi) is 32.8. The van der Waals surface area contributed by atoms with Crippen molar-refractivity contribution in [1.82, 2.24) is 0 Å². The number of carbonyl (C=O) groups excluding carboxylic acids is 1. The topological polar surface area (TPSA) is 74.6 Å². The van der Waals surface area contributed by atoms with Gasteiger partial charge in [-0.1, -0.05) is 186 Å². The molecule has 0 amide bonds. The summed E-state index contributed by atoms with van der Waals surface area (Å²) in [6.07, 6.45) is 39.3. The van der Waals surface area contributed by atoms with Gasteiger partial charge in [-0.15, -0.1) is 6.58 Å². The first kappa shape index (κ1) is 41.8. The van der Waals surface area contributed by atoms with E-state index in [9.17, 15) is 19.8 Å². The van der Waals surface area contributed by atoms with Crippen molar-refractivity contribution in [2.24, 2.45) is 5.92 Å². The van der Waals surface area contributed by atoms with Gasteiger partial charge in [0.25, 0.3) is 0 Å². The number of unbranched alkanes of at least 4 members (excludes halogenated alkanes) is 26. The molecule has 0 aliphatic heterocycles. The van der Waals surface area contributed by atoms with E-state index in [0.29, 0.717) is 19.3 Å². The number of aliphatic hydroxyl groups excluding tert-OH is 1. The molecule has 0 rings (SSSR count). The minimum Gasteiger partial charge on any atom is -0.481 e.